The predicted octanol–water partition coefficient (Wildman–Crippen LogP) is 1.77. The van der Waals surface area contributed by atoms with Gasteiger partial charge in [-0.3, -0.25) is 14.5 Å². The van der Waals surface area contributed by atoms with Crippen LogP contribution < -0.4 is 20.1 Å². The van der Waals surface area contributed by atoms with E-state index in [2.05, 4.69) is 16.7 Å². The van der Waals surface area contributed by atoms with E-state index in [1.54, 1.807) is 30.0 Å². The summed E-state index contributed by atoms with van der Waals surface area (Å²) in [5, 5.41) is 14.9. The molecular weight excluding hydrogens is 360 g/mol. The van der Waals surface area contributed by atoms with Crippen LogP contribution in [0.1, 0.15) is 27.7 Å². The van der Waals surface area contributed by atoms with Crippen LogP contribution in [0.25, 0.3) is 0 Å². The molecule has 0 aliphatic carbocycles. The van der Waals surface area contributed by atoms with Gasteiger partial charge in [0.25, 0.3) is 0 Å². The molecule has 0 saturated carbocycles. The lowest BCUT2D eigenvalue weighted by Crippen LogP contribution is -2.52. The molecule has 1 aliphatic rings. The number of amides is 2. The van der Waals surface area contributed by atoms with E-state index >= 15 is 0 Å². The van der Waals surface area contributed by atoms with Crippen LogP contribution in [-0.2, 0) is 9.59 Å². The Morgan fingerprint density at radius 3 is 2.46 bits per heavy atom. The molecule has 2 rings (SSSR count). The maximum absolute atomic E-state index is 12.4. The number of anilines is 1. The SMILES string of the molecule is CCN(CC(=O)Nc1ccc2c(c1)OCCO2)CC(=O)N[C@](C)(C#N)C(C)C. The molecule has 0 unspecified atom stereocenters. The van der Waals surface area contributed by atoms with Crippen LogP contribution in [0, 0.1) is 17.2 Å². The Bertz CT molecular complexity index is 759. The van der Waals surface area contributed by atoms with E-state index in [4.69, 9.17) is 9.47 Å². The number of ether oxygens (including phenoxy) is 2. The maximum atomic E-state index is 12.4. The predicted molar refractivity (Wildman–Crippen MR) is 105 cm³/mol. The van der Waals surface area contributed by atoms with Crippen LogP contribution in [0.5, 0.6) is 11.5 Å². The third kappa shape index (κ3) is 5.60. The zero-order valence-corrected chi connectivity index (χ0v) is 16.9. The summed E-state index contributed by atoms with van der Waals surface area (Å²) in [6, 6.07) is 7.36. The summed E-state index contributed by atoms with van der Waals surface area (Å²) >= 11 is 0. The average molecular weight is 388 g/mol. The lowest BCUT2D eigenvalue weighted by atomic mass is 9.90. The lowest BCUT2D eigenvalue weighted by molar-refractivity contribution is -0.124. The molecule has 0 bridgehead atoms. The van der Waals surface area contributed by atoms with Crippen molar-refractivity contribution in [2.75, 3.05) is 38.2 Å². The Balaban J connectivity index is 1.90. The van der Waals surface area contributed by atoms with Crippen LogP contribution in [0.3, 0.4) is 0 Å². The van der Waals surface area contributed by atoms with E-state index in [-0.39, 0.29) is 30.8 Å². The fourth-order valence-corrected chi connectivity index (χ4v) is 2.64. The van der Waals surface area contributed by atoms with E-state index in [0.29, 0.717) is 36.9 Å². The van der Waals surface area contributed by atoms with Crippen molar-refractivity contribution in [3.63, 3.8) is 0 Å². The third-order valence-electron chi connectivity index (χ3n) is 4.79. The first-order valence-corrected chi connectivity index (χ1v) is 9.41. The zero-order chi connectivity index (χ0) is 20.7. The van der Waals surface area contributed by atoms with Gasteiger partial charge < -0.3 is 20.1 Å². The summed E-state index contributed by atoms with van der Waals surface area (Å²) in [4.78, 5) is 26.4. The molecule has 2 N–H and O–H groups in total. The Morgan fingerprint density at radius 2 is 1.86 bits per heavy atom. The number of hydrogen-bond donors (Lipinski definition) is 2. The van der Waals surface area contributed by atoms with Gasteiger partial charge in [0.2, 0.25) is 11.8 Å². The molecule has 1 aromatic rings. The second-order valence-corrected chi connectivity index (χ2v) is 7.23. The number of rotatable bonds is 8. The van der Waals surface area contributed by atoms with Gasteiger partial charge in [-0.15, -0.1) is 0 Å². The minimum atomic E-state index is -0.941. The van der Waals surface area contributed by atoms with Crippen molar-refractivity contribution in [1.82, 2.24) is 10.2 Å². The van der Waals surface area contributed by atoms with Crippen LogP contribution in [-0.4, -0.2) is 55.1 Å². The third-order valence-corrected chi connectivity index (χ3v) is 4.79. The van der Waals surface area contributed by atoms with Gasteiger partial charge in [0.15, 0.2) is 11.5 Å². The van der Waals surface area contributed by atoms with Gasteiger partial charge in [-0.1, -0.05) is 20.8 Å². The second kappa shape index (κ2) is 9.42. The van der Waals surface area contributed by atoms with Gasteiger partial charge in [0.05, 0.1) is 19.2 Å². The zero-order valence-electron chi connectivity index (χ0n) is 16.9. The monoisotopic (exact) mass is 388 g/mol. The maximum Gasteiger partial charge on any atom is 0.238 e. The first-order chi connectivity index (χ1) is 13.3. The summed E-state index contributed by atoms with van der Waals surface area (Å²) in [7, 11) is 0. The van der Waals surface area contributed by atoms with E-state index < -0.39 is 5.54 Å². The lowest BCUT2D eigenvalue weighted by Gasteiger charge is -2.29. The first-order valence-electron chi connectivity index (χ1n) is 9.41. The quantitative estimate of drug-likeness (QED) is 0.703. The standard InChI is InChI=1S/C20H28N4O4/c1-5-24(12-19(26)23-20(4,13-21)14(2)3)11-18(25)22-15-6-7-16-17(10-15)28-9-8-27-16/h6-7,10,14H,5,8-9,11-12H2,1-4H3,(H,22,25)(H,23,26)/t20-/m1/s1. The molecule has 0 aromatic heterocycles. The van der Waals surface area contributed by atoms with Crippen LogP contribution in [0.2, 0.25) is 0 Å². The van der Waals surface area contributed by atoms with Crippen molar-refractivity contribution >= 4 is 17.5 Å². The van der Waals surface area contributed by atoms with Crippen molar-refractivity contribution in [1.29, 1.82) is 5.26 Å². The molecule has 0 radical (unpaired) electrons. The summed E-state index contributed by atoms with van der Waals surface area (Å²) in [6.45, 7) is 8.92. The highest BCUT2D eigenvalue weighted by Gasteiger charge is 2.30. The van der Waals surface area contributed by atoms with E-state index in [9.17, 15) is 14.9 Å². The number of likely N-dealkylation sites (N-methyl/N-ethyl adjacent to an activating group) is 1. The Labute approximate surface area is 165 Å². The first kappa shape index (κ1) is 21.5. The van der Waals surface area contributed by atoms with E-state index in [0.717, 1.165) is 0 Å². The topological polar surface area (TPSA) is 104 Å². The van der Waals surface area contributed by atoms with Crippen molar-refractivity contribution in [2.24, 2.45) is 5.92 Å². The minimum absolute atomic E-state index is 0.0324. The minimum Gasteiger partial charge on any atom is -0.486 e. The van der Waals surface area contributed by atoms with Gasteiger partial charge >= 0.3 is 0 Å². The van der Waals surface area contributed by atoms with Crippen LogP contribution in [0.15, 0.2) is 18.2 Å². The molecule has 1 heterocycles. The molecule has 1 aliphatic heterocycles. The molecule has 0 spiro atoms. The molecular formula is C20H28N4O4. The number of nitrogens with one attached hydrogen (secondary N) is 2. The summed E-state index contributed by atoms with van der Waals surface area (Å²) < 4.78 is 11.0. The number of carbonyl (C=O) groups excluding carboxylic acids is 2. The summed E-state index contributed by atoms with van der Waals surface area (Å²) in [5.41, 5.74) is -0.337. The fraction of sp³-hybridized carbons (Fsp3) is 0.550. The Kier molecular flexibility index (Phi) is 7.24. The molecule has 152 valence electrons. The Morgan fingerprint density at radius 1 is 1.21 bits per heavy atom. The number of nitrogens with zero attached hydrogens (tertiary/aromatic N) is 2. The molecule has 0 fully saturated rings. The molecule has 2 amide bonds. The van der Waals surface area contributed by atoms with Gasteiger partial charge in [0.1, 0.15) is 18.8 Å². The van der Waals surface area contributed by atoms with Gasteiger partial charge in [-0.05, 0) is 31.5 Å². The van der Waals surface area contributed by atoms with Gasteiger partial charge in [-0.2, -0.15) is 5.26 Å². The number of hydrogen-bond acceptors (Lipinski definition) is 6. The summed E-state index contributed by atoms with van der Waals surface area (Å²) in [6.07, 6.45) is 0. The highest BCUT2D eigenvalue weighted by atomic mass is 16.6. The molecule has 8 nitrogen and oxygen atoms in total. The number of fused-ring (bicyclic) bond motifs is 1. The number of nitriles is 1. The van der Waals surface area contributed by atoms with Crippen molar-refractivity contribution in [2.45, 2.75) is 33.2 Å². The number of carbonyl (C=O) groups is 2. The molecule has 0 saturated heterocycles. The summed E-state index contributed by atoms with van der Waals surface area (Å²) in [5.74, 6) is 0.696. The van der Waals surface area contributed by atoms with Crippen LogP contribution >= 0.6 is 0 Å². The largest absolute Gasteiger partial charge is 0.486 e. The average Bonchev–Trinajstić information content (AvgIpc) is 2.66. The Hall–Kier alpha value is -2.79. The van der Waals surface area contributed by atoms with E-state index in [1.807, 2.05) is 20.8 Å². The second-order valence-electron chi connectivity index (χ2n) is 7.23. The highest BCUT2D eigenvalue weighted by Crippen LogP contribution is 2.32. The highest BCUT2D eigenvalue weighted by molar-refractivity contribution is 5.93. The normalized spacial score (nSPS) is 14.9. The van der Waals surface area contributed by atoms with Crippen molar-refractivity contribution in [3.8, 4) is 17.6 Å². The molecule has 1 atom stereocenters. The van der Waals surface area contributed by atoms with E-state index in [1.165, 1.54) is 0 Å². The molecule has 8 heteroatoms. The molecule has 1 aromatic carbocycles. The smallest absolute Gasteiger partial charge is 0.238 e. The fourth-order valence-electron chi connectivity index (χ4n) is 2.64. The van der Waals surface area contributed by atoms with Crippen molar-refractivity contribution in [3.05, 3.63) is 18.2 Å². The van der Waals surface area contributed by atoms with Gasteiger partial charge in [0, 0.05) is 11.8 Å². The van der Waals surface area contributed by atoms with Crippen molar-refractivity contribution < 1.29 is 19.1 Å². The number of benzene rings is 1. The van der Waals surface area contributed by atoms with Gasteiger partial charge in [-0.25, -0.2) is 0 Å². The molecule has 28 heavy (non-hydrogen) atoms. The van der Waals surface area contributed by atoms with Crippen LogP contribution in [0.4, 0.5) is 5.69 Å².